The first kappa shape index (κ1) is 20.6. The number of hydrogen-bond donors (Lipinski definition) is 2. The zero-order valence-electron chi connectivity index (χ0n) is 15.9. The molecule has 0 bridgehead atoms. The fourth-order valence-corrected chi connectivity index (χ4v) is 4.24. The van der Waals surface area contributed by atoms with Crippen LogP contribution < -0.4 is 10.2 Å². The Bertz CT molecular complexity index is 1320. The van der Waals surface area contributed by atoms with Crippen molar-refractivity contribution in [2.75, 3.05) is 0 Å². The van der Waals surface area contributed by atoms with Crippen molar-refractivity contribution in [2.24, 2.45) is 5.10 Å². The van der Waals surface area contributed by atoms with Crippen LogP contribution in [-0.4, -0.2) is 23.2 Å². The number of aromatic hydroxyl groups is 1. The molecule has 2 N–H and O–H groups in total. The number of ether oxygens (including phenoxy) is 1. The standard InChI is InChI=1S/C23H15ClN2O4S/c24-20-16-9-3-6-12-19(16)31-21(20)23(29)30-18-11-5-1-7-14(18)13-25-26-22(28)15-8-2-4-10-17(15)27/h1-13,27H,(H,26,28)/b25-13-. The molecule has 4 aromatic rings. The maximum absolute atomic E-state index is 12.7. The molecule has 1 heterocycles. The fourth-order valence-electron chi connectivity index (χ4n) is 2.86. The minimum atomic E-state index is -0.578. The van der Waals surface area contributed by atoms with Gasteiger partial charge in [-0.1, -0.05) is 54.1 Å². The van der Waals surface area contributed by atoms with Crippen LogP contribution in [0.3, 0.4) is 0 Å². The van der Waals surface area contributed by atoms with Gasteiger partial charge in [-0.3, -0.25) is 4.79 Å². The first-order chi connectivity index (χ1) is 15.0. The number of para-hydroxylation sites is 2. The Morgan fingerprint density at radius 3 is 2.52 bits per heavy atom. The average molecular weight is 451 g/mol. The Morgan fingerprint density at radius 2 is 1.71 bits per heavy atom. The quantitative estimate of drug-likeness (QED) is 0.188. The van der Waals surface area contributed by atoms with Crippen LogP contribution in [0.4, 0.5) is 0 Å². The molecule has 6 nitrogen and oxygen atoms in total. The average Bonchev–Trinajstić information content (AvgIpc) is 3.12. The molecule has 0 aliphatic rings. The van der Waals surface area contributed by atoms with Crippen LogP contribution in [0.2, 0.25) is 5.02 Å². The summed E-state index contributed by atoms with van der Waals surface area (Å²) in [6.07, 6.45) is 1.35. The van der Waals surface area contributed by atoms with Crippen molar-refractivity contribution in [3.8, 4) is 11.5 Å². The molecule has 1 aromatic heterocycles. The summed E-state index contributed by atoms with van der Waals surface area (Å²) < 4.78 is 6.44. The highest BCUT2D eigenvalue weighted by Gasteiger charge is 2.19. The Balaban J connectivity index is 1.51. The second-order valence-electron chi connectivity index (χ2n) is 6.38. The van der Waals surface area contributed by atoms with Crippen LogP contribution in [0.15, 0.2) is 77.9 Å². The first-order valence-electron chi connectivity index (χ1n) is 9.14. The number of nitrogens with zero attached hydrogens (tertiary/aromatic N) is 1. The van der Waals surface area contributed by atoms with Gasteiger partial charge in [-0.05, 0) is 30.3 Å². The number of rotatable bonds is 5. The van der Waals surface area contributed by atoms with E-state index in [4.69, 9.17) is 16.3 Å². The highest BCUT2D eigenvalue weighted by Crippen LogP contribution is 2.36. The van der Waals surface area contributed by atoms with Crippen molar-refractivity contribution < 1.29 is 19.4 Å². The zero-order chi connectivity index (χ0) is 21.8. The first-order valence-corrected chi connectivity index (χ1v) is 10.3. The van der Waals surface area contributed by atoms with Gasteiger partial charge in [0, 0.05) is 15.6 Å². The molecule has 0 aliphatic heterocycles. The summed E-state index contributed by atoms with van der Waals surface area (Å²) in [6, 6.07) is 20.4. The fraction of sp³-hybridized carbons (Fsp3) is 0. The molecule has 1 amide bonds. The summed E-state index contributed by atoms with van der Waals surface area (Å²) in [5.74, 6) is -1.03. The minimum absolute atomic E-state index is 0.0961. The van der Waals surface area contributed by atoms with Crippen LogP contribution in [0.5, 0.6) is 11.5 Å². The molecule has 0 saturated carbocycles. The second-order valence-corrected chi connectivity index (χ2v) is 7.82. The predicted octanol–water partition coefficient (Wildman–Crippen LogP) is 5.24. The normalized spacial score (nSPS) is 11.0. The number of phenolic OH excluding ortho intramolecular Hbond substituents is 1. The summed E-state index contributed by atoms with van der Waals surface area (Å²) in [7, 11) is 0. The summed E-state index contributed by atoms with van der Waals surface area (Å²) in [5.41, 5.74) is 2.91. The van der Waals surface area contributed by atoms with E-state index in [0.717, 1.165) is 10.1 Å². The highest BCUT2D eigenvalue weighted by atomic mass is 35.5. The molecule has 0 saturated heterocycles. The van der Waals surface area contributed by atoms with E-state index in [2.05, 4.69) is 10.5 Å². The molecule has 0 spiro atoms. The van der Waals surface area contributed by atoms with Gasteiger partial charge in [-0.25, -0.2) is 10.2 Å². The molecule has 0 unspecified atom stereocenters. The predicted molar refractivity (Wildman–Crippen MR) is 121 cm³/mol. The maximum Gasteiger partial charge on any atom is 0.355 e. The van der Waals surface area contributed by atoms with Crippen molar-refractivity contribution in [1.82, 2.24) is 5.43 Å². The molecule has 8 heteroatoms. The van der Waals surface area contributed by atoms with E-state index < -0.39 is 11.9 Å². The van der Waals surface area contributed by atoms with E-state index in [-0.39, 0.29) is 17.1 Å². The van der Waals surface area contributed by atoms with Crippen molar-refractivity contribution in [1.29, 1.82) is 0 Å². The van der Waals surface area contributed by atoms with Gasteiger partial charge >= 0.3 is 5.97 Å². The van der Waals surface area contributed by atoms with E-state index in [1.54, 1.807) is 36.4 Å². The van der Waals surface area contributed by atoms with Gasteiger partial charge in [0.15, 0.2) is 0 Å². The number of hydrogen-bond acceptors (Lipinski definition) is 6. The monoisotopic (exact) mass is 450 g/mol. The Kier molecular flexibility index (Phi) is 5.97. The third-order valence-electron chi connectivity index (χ3n) is 4.36. The van der Waals surface area contributed by atoms with Gasteiger partial charge in [0.2, 0.25) is 0 Å². The smallest absolute Gasteiger partial charge is 0.355 e. The maximum atomic E-state index is 12.7. The number of carbonyl (C=O) groups excluding carboxylic acids is 2. The number of benzene rings is 3. The van der Waals surface area contributed by atoms with E-state index in [0.29, 0.717) is 15.5 Å². The number of esters is 1. The molecule has 0 aliphatic carbocycles. The number of amides is 1. The summed E-state index contributed by atoms with van der Waals surface area (Å²) in [5, 5.41) is 14.8. The third kappa shape index (κ3) is 4.42. The Morgan fingerprint density at radius 1 is 1.00 bits per heavy atom. The molecule has 31 heavy (non-hydrogen) atoms. The number of nitrogens with one attached hydrogen (secondary N) is 1. The highest BCUT2D eigenvalue weighted by molar-refractivity contribution is 7.21. The van der Waals surface area contributed by atoms with Crippen molar-refractivity contribution >= 4 is 51.1 Å². The molecular weight excluding hydrogens is 436 g/mol. The number of halogens is 1. The molecule has 154 valence electrons. The summed E-state index contributed by atoms with van der Waals surface area (Å²) >= 11 is 7.62. The van der Waals surface area contributed by atoms with Gasteiger partial charge in [0.25, 0.3) is 5.91 Å². The SMILES string of the molecule is O=C(N/N=C\c1ccccc1OC(=O)c1sc2ccccc2c1Cl)c1ccccc1O. The minimum Gasteiger partial charge on any atom is -0.507 e. The lowest BCUT2D eigenvalue weighted by molar-refractivity contribution is 0.0739. The van der Waals surface area contributed by atoms with E-state index in [9.17, 15) is 14.7 Å². The molecule has 0 atom stereocenters. The van der Waals surface area contributed by atoms with E-state index in [1.165, 1.54) is 29.7 Å². The third-order valence-corrected chi connectivity index (χ3v) is 6.02. The van der Waals surface area contributed by atoms with Gasteiger partial charge in [-0.15, -0.1) is 11.3 Å². The zero-order valence-corrected chi connectivity index (χ0v) is 17.5. The lowest BCUT2D eigenvalue weighted by atomic mass is 10.2. The Labute approximate surface area is 186 Å². The second kappa shape index (κ2) is 8.99. The van der Waals surface area contributed by atoms with Crippen molar-refractivity contribution in [2.45, 2.75) is 0 Å². The van der Waals surface area contributed by atoms with E-state index >= 15 is 0 Å². The number of carbonyl (C=O) groups is 2. The molecule has 4 rings (SSSR count). The van der Waals surface area contributed by atoms with Crippen LogP contribution in [-0.2, 0) is 0 Å². The van der Waals surface area contributed by atoms with Gasteiger partial charge < -0.3 is 9.84 Å². The van der Waals surface area contributed by atoms with E-state index in [1.807, 2.05) is 24.3 Å². The molecule has 0 radical (unpaired) electrons. The van der Waals surface area contributed by atoms with Gasteiger partial charge in [0.1, 0.15) is 16.4 Å². The van der Waals surface area contributed by atoms with Crippen molar-refractivity contribution in [3.05, 3.63) is 93.8 Å². The van der Waals surface area contributed by atoms with Crippen LogP contribution in [0.1, 0.15) is 25.6 Å². The molecular formula is C23H15ClN2O4S. The number of phenols is 1. The number of hydrazone groups is 1. The Hall–Kier alpha value is -3.68. The van der Waals surface area contributed by atoms with Crippen LogP contribution in [0.25, 0.3) is 10.1 Å². The molecule has 0 fully saturated rings. The number of thiophene rings is 1. The van der Waals surface area contributed by atoms with Gasteiger partial charge in [-0.2, -0.15) is 5.10 Å². The topological polar surface area (TPSA) is 88.0 Å². The largest absolute Gasteiger partial charge is 0.507 e. The molecule has 3 aromatic carbocycles. The number of fused-ring (bicyclic) bond motifs is 1. The van der Waals surface area contributed by atoms with Crippen LogP contribution in [0, 0.1) is 0 Å². The lowest BCUT2D eigenvalue weighted by Gasteiger charge is -2.06. The lowest BCUT2D eigenvalue weighted by Crippen LogP contribution is -2.17. The van der Waals surface area contributed by atoms with Crippen molar-refractivity contribution in [3.63, 3.8) is 0 Å². The summed E-state index contributed by atoms with van der Waals surface area (Å²) in [4.78, 5) is 25.2. The van der Waals surface area contributed by atoms with Crippen LogP contribution >= 0.6 is 22.9 Å². The van der Waals surface area contributed by atoms with Gasteiger partial charge in [0.05, 0.1) is 16.8 Å². The summed E-state index contributed by atoms with van der Waals surface area (Å²) in [6.45, 7) is 0.